The van der Waals surface area contributed by atoms with E-state index in [4.69, 9.17) is 0 Å². The molecule has 0 radical (unpaired) electrons. The van der Waals surface area contributed by atoms with Gasteiger partial charge in [0.1, 0.15) is 0 Å². The second-order valence-electron chi connectivity index (χ2n) is 21.2. The summed E-state index contributed by atoms with van der Waals surface area (Å²) in [5.74, 6) is 0. The van der Waals surface area contributed by atoms with Crippen LogP contribution in [0.15, 0.2) is 176 Å². The molecule has 0 saturated heterocycles. The number of fused-ring (bicyclic) bond motifs is 13. The first-order valence-electron chi connectivity index (χ1n) is 24.4. The van der Waals surface area contributed by atoms with E-state index in [-0.39, 0.29) is 16.2 Å². The highest BCUT2D eigenvalue weighted by Gasteiger charge is 2.54. The van der Waals surface area contributed by atoms with E-state index in [0.717, 1.165) is 0 Å². The molecule has 2 fully saturated rings. The molecule has 1 spiro atoms. The molecule has 0 atom stereocenters. The van der Waals surface area contributed by atoms with Crippen molar-refractivity contribution in [2.24, 2.45) is 0 Å². The summed E-state index contributed by atoms with van der Waals surface area (Å²) < 4.78 is 0. The molecule has 0 N–H and O–H groups in total. The molecule has 8 aromatic carbocycles. The molecule has 5 aliphatic rings. The zero-order valence-electron chi connectivity index (χ0n) is 38.3. The standard InChI is InChI=1S/C64H57N/c1-61(2)52-24-11-8-22-47(52)48-34-31-45(41-55(48)61)65(58-27-13-10-21-46(58)42-19-6-5-7-20-42)59-28-18-26-54-60(59)51-23-9-12-25-53(51)64(54)56-39-43(62(3)35-14-15-36-62)29-32-49(56)50-33-30-44(40-57(50)64)63(4)37-16-17-38-63/h5-13,18-34,39-41H,14-17,35-38H2,1-4H3. The van der Waals surface area contributed by atoms with Gasteiger partial charge in [0.05, 0.1) is 16.8 Å². The predicted molar refractivity (Wildman–Crippen MR) is 272 cm³/mol. The van der Waals surface area contributed by atoms with E-state index < -0.39 is 5.41 Å². The lowest BCUT2D eigenvalue weighted by Gasteiger charge is -2.34. The Bertz CT molecular complexity index is 3150. The van der Waals surface area contributed by atoms with E-state index >= 15 is 0 Å². The number of rotatable bonds is 6. The molecule has 5 aliphatic carbocycles. The summed E-state index contributed by atoms with van der Waals surface area (Å²) in [6.07, 6.45) is 10.2. The highest BCUT2D eigenvalue weighted by atomic mass is 15.1. The van der Waals surface area contributed by atoms with Gasteiger partial charge in [0.2, 0.25) is 0 Å². The minimum Gasteiger partial charge on any atom is -0.309 e. The van der Waals surface area contributed by atoms with E-state index in [0.29, 0.717) is 0 Å². The van der Waals surface area contributed by atoms with Gasteiger partial charge in [-0.2, -0.15) is 0 Å². The molecular weight excluding hydrogens is 783 g/mol. The van der Waals surface area contributed by atoms with Gasteiger partial charge in [-0.15, -0.1) is 0 Å². The Hall–Kier alpha value is -6.44. The van der Waals surface area contributed by atoms with Crippen molar-refractivity contribution in [1.29, 1.82) is 0 Å². The van der Waals surface area contributed by atoms with Crippen LogP contribution in [0.2, 0.25) is 0 Å². The van der Waals surface area contributed by atoms with E-state index in [9.17, 15) is 0 Å². The van der Waals surface area contributed by atoms with Crippen molar-refractivity contribution in [2.75, 3.05) is 4.90 Å². The minimum atomic E-state index is -0.464. The van der Waals surface area contributed by atoms with Crippen molar-refractivity contribution in [3.05, 3.63) is 220 Å². The first kappa shape index (κ1) is 39.0. The third-order valence-electron chi connectivity index (χ3n) is 17.3. The Balaban J connectivity index is 1.11. The van der Waals surface area contributed by atoms with Gasteiger partial charge in [-0.1, -0.05) is 205 Å². The van der Waals surface area contributed by atoms with Gasteiger partial charge in [0.15, 0.2) is 0 Å². The van der Waals surface area contributed by atoms with Crippen LogP contribution in [0.25, 0.3) is 44.5 Å². The number of hydrogen-bond acceptors (Lipinski definition) is 1. The van der Waals surface area contributed by atoms with Crippen LogP contribution in [0.4, 0.5) is 17.1 Å². The molecule has 2 saturated carbocycles. The Morgan fingerprint density at radius 3 is 1.51 bits per heavy atom. The summed E-state index contributed by atoms with van der Waals surface area (Å²) in [6, 6.07) is 68.5. The molecule has 0 aliphatic heterocycles. The Kier molecular flexibility index (Phi) is 8.41. The van der Waals surface area contributed by atoms with Gasteiger partial charge in [-0.3, -0.25) is 0 Å². The molecule has 8 aromatic rings. The number of anilines is 3. The Morgan fingerprint density at radius 1 is 0.354 bits per heavy atom. The van der Waals surface area contributed by atoms with Gasteiger partial charge in [0, 0.05) is 22.2 Å². The second kappa shape index (κ2) is 14.0. The number of hydrogen-bond donors (Lipinski definition) is 0. The van der Waals surface area contributed by atoms with Crippen molar-refractivity contribution >= 4 is 17.1 Å². The monoisotopic (exact) mass is 839 g/mol. The van der Waals surface area contributed by atoms with Crippen molar-refractivity contribution in [2.45, 2.75) is 101 Å². The molecule has 1 nitrogen and oxygen atoms in total. The molecule has 0 amide bonds. The molecule has 13 rings (SSSR count). The van der Waals surface area contributed by atoms with Crippen LogP contribution in [0.5, 0.6) is 0 Å². The number of benzene rings is 8. The molecule has 0 aromatic heterocycles. The van der Waals surface area contributed by atoms with E-state index in [1.807, 2.05) is 0 Å². The maximum Gasteiger partial charge on any atom is 0.0726 e. The smallest absolute Gasteiger partial charge is 0.0726 e. The van der Waals surface area contributed by atoms with Crippen molar-refractivity contribution in [1.82, 2.24) is 0 Å². The summed E-state index contributed by atoms with van der Waals surface area (Å²) in [5, 5.41) is 0. The summed E-state index contributed by atoms with van der Waals surface area (Å²) in [4.78, 5) is 2.61. The topological polar surface area (TPSA) is 3.24 Å². The summed E-state index contributed by atoms with van der Waals surface area (Å²) in [5.41, 5.74) is 25.5. The summed E-state index contributed by atoms with van der Waals surface area (Å²) in [7, 11) is 0. The largest absolute Gasteiger partial charge is 0.309 e. The van der Waals surface area contributed by atoms with Crippen molar-refractivity contribution in [3.8, 4) is 44.5 Å². The van der Waals surface area contributed by atoms with Crippen LogP contribution in [-0.4, -0.2) is 0 Å². The van der Waals surface area contributed by atoms with Crippen molar-refractivity contribution in [3.63, 3.8) is 0 Å². The first-order valence-corrected chi connectivity index (χ1v) is 24.4. The van der Waals surface area contributed by atoms with Crippen LogP contribution in [-0.2, 0) is 21.7 Å². The fourth-order valence-electron chi connectivity index (χ4n) is 13.8. The van der Waals surface area contributed by atoms with Crippen LogP contribution in [0.3, 0.4) is 0 Å². The summed E-state index contributed by atoms with van der Waals surface area (Å²) in [6.45, 7) is 9.87. The zero-order valence-corrected chi connectivity index (χ0v) is 38.3. The van der Waals surface area contributed by atoms with Gasteiger partial charge in [-0.05, 0) is 139 Å². The normalized spacial score (nSPS) is 18.2. The highest BCUT2D eigenvalue weighted by Crippen LogP contribution is 2.66. The molecular formula is C64H57N. The molecule has 65 heavy (non-hydrogen) atoms. The first-order chi connectivity index (χ1) is 31.7. The maximum absolute atomic E-state index is 2.68. The quantitative estimate of drug-likeness (QED) is 0.161. The average Bonchev–Trinajstić information content (AvgIpc) is 4.17. The molecule has 0 heterocycles. The van der Waals surface area contributed by atoms with E-state index in [1.54, 1.807) is 0 Å². The predicted octanol–water partition coefficient (Wildman–Crippen LogP) is 17.1. The lowest BCUT2D eigenvalue weighted by molar-refractivity contribution is 0.489. The molecule has 0 bridgehead atoms. The van der Waals surface area contributed by atoms with E-state index in [2.05, 4.69) is 209 Å². The molecule has 0 unspecified atom stereocenters. The van der Waals surface area contributed by atoms with Crippen LogP contribution in [0.1, 0.15) is 124 Å². The second-order valence-corrected chi connectivity index (χ2v) is 21.2. The SMILES string of the molecule is CC1(c2ccc3c(c2)C2(c4cc(C5(C)CCCC5)ccc4-3)c3ccccc3-c3c(N(c4ccc5c(c4)C(C)(C)c4ccccc4-5)c4ccccc4-c4ccccc4)cccc32)CCCC1. The van der Waals surface area contributed by atoms with Crippen LogP contribution in [0, 0.1) is 0 Å². The fourth-order valence-corrected chi connectivity index (χ4v) is 13.8. The fraction of sp³-hybridized carbons (Fsp3) is 0.250. The van der Waals surface area contributed by atoms with E-state index in [1.165, 1.54) is 157 Å². The summed E-state index contributed by atoms with van der Waals surface area (Å²) >= 11 is 0. The van der Waals surface area contributed by atoms with Gasteiger partial charge >= 0.3 is 0 Å². The highest BCUT2D eigenvalue weighted by molar-refractivity contribution is 6.03. The third kappa shape index (κ3) is 5.39. The van der Waals surface area contributed by atoms with Crippen LogP contribution < -0.4 is 4.90 Å². The molecule has 1 heteroatoms. The number of nitrogens with zero attached hydrogens (tertiary/aromatic N) is 1. The Morgan fingerprint density at radius 2 is 0.846 bits per heavy atom. The maximum atomic E-state index is 2.68. The third-order valence-corrected chi connectivity index (χ3v) is 17.3. The average molecular weight is 840 g/mol. The lowest BCUT2D eigenvalue weighted by atomic mass is 9.68. The van der Waals surface area contributed by atoms with Crippen LogP contribution >= 0.6 is 0 Å². The number of para-hydroxylation sites is 1. The van der Waals surface area contributed by atoms with Gasteiger partial charge < -0.3 is 4.90 Å². The lowest BCUT2D eigenvalue weighted by Crippen LogP contribution is -2.28. The molecule has 318 valence electrons. The zero-order chi connectivity index (χ0) is 43.7. The van der Waals surface area contributed by atoms with Gasteiger partial charge in [0.25, 0.3) is 0 Å². The minimum absolute atomic E-state index is 0.138. The Labute approximate surface area is 385 Å². The van der Waals surface area contributed by atoms with Crippen molar-refractivity contribution < 1.29 is 0 Å². The van der Waals surface area contributed by atoms with Gasteiger partial charge in [-0.25, -0.2) is 0 Å².